The van der Waals surface area contributed by atoms with Crippen LogP contribution >= 0.6 is 15.9 Å². The fourth-order valence-electron chi connectivity index (χ4n) is 1.77. The minimum Gasteiger partial charge on any atom is -0.384 e. The van der Waals surface area contributed by atoms with E-state index in [9.17, 15) is 13.9 Å². The fraction of sp³-hybridized carbons (Fsp3) is 0.400. The molecule has 1 aliphatic heterocycles. The van der Waals surface area contributed by atoms with E-state index in [0.717, 1.165) is 18.5 Å². The van der Waals surface area contributed by atoms with Crippen molar-refractivity contribution in [3.8, 4) is 0 Å². The quantitative estimate of drug-likeness (QED) is 0.815. The van der Waals surface area contributed by atoms with Gasteiger partial charge in [0.25, 0.3) is 0 Å². The molecule has 0 amide bonds. The highest BCUT2D eigenvalue weighted by Gasteiger charge is 2.38. The molecule has 15 heavy (non-hydrogen) atoms. The van der Waals surface area contributed by atoms with Gasteiger partial charge in [-0.1, -0.05) is 18.2 Å². The van der Waals surface area contributed by atoms with Crippen molar-refractivity contribution in [3.05, 3.63) is 29.3 Å². The van der Waals surface area contributed by atoms with E-state index >= 15 is 0 Å². The molecule has 82 valence electrons. The van der Waals surface area contributed by atoms with E-state index in [1.165, 1.54) is 6.07 Å². The average Bonchev–Trinajstić information content (AvgIpc) is 2.62. The number of anilines is 1. The molecule has 0 saturated heterocycles. The Kier molecular flexibility index (Phi) is 2.68. The summed E-state index contributed by atoms with van der Waals surface area (Å²) >= 11 is 2.18. The fourth-order valence-corrected chi connectivity index (χ4v) is 2.02. The van der Waals surface area contributed by atoms with Crippen molar-refractivity contribution in [2.45, 2.75) is 17.4 Å². The summed E-state index contributed by atoms with van der Waals surface area (Å²) in [7, 11) is 0. The average molecular weight is 278 g/mol. The number of fused-ring (bicyclic) bond motifs is 1. The normalized spacial score (nSPS) is 17.1. The number of halogens is 3. The van der Waals surface area contributed by atoms with Crippen LogP contribution in [0.4, 0.5) is 14.5 Å². The lowest BCUT2D eigenvalue weighted by Gasteiger charge is -2.19. The topological polar surface area (TPSA) is 32.3 Å². The largest absolute Gasteiger partial charge is 0.384 e. The summed E-state index contributed by atoms with van der Waals surface area (Å²) in [6.07, 6.45) is -1.01. The summed E-state index contributed by atoms with van der Waals surface area (Å²) in [5.41, 5.74) is 1.86. The smallest absolute Gasteiger partial charge is 0.330 e. The van der Waals surface area contributed by atoms with E-state index in [2.05, 4.69) is 21.2 Å². The summed E-state index contributed by atoms with van der Waals surface area (Å²) in [6.45, 7) is 0.729. The Balaban J connectivity index is 2.41. The number of rotatable bonds is 2. The molecule has 1 aromatic rings. The number of benzene rings is 1. The van der Waals surface area contributed by atoms with E-state index in [-0.39, 0.29) is 5.56 Å². The van der Waals surface area contributed by atoms with Crippen molar-refractivity contribution < 1.29 is 13.9 Å². The second kappa shape index (κ2) is 3.72. The van der Waals surface area contributed by atoms with Crippen LogP contribution < -0.4 is 5.32 Å². The molecule has 2 nitrogen and oxygen atoms in total. The number of aliphatic hydroxyl groups excluding tert-OH is 1. The lowest BCUT2D eigenvalue weighted by molar-refractivity contribution is -0.0290. The molecule has 0 bridgehead atoms. The Bertz CT molecular complexity index is 378. The number of nitrogens with one attached hydrogen (secondary N) is 1. The molecule has 0 aliphatic carbocycles. The monoisotopic (exact) mass is 277 g/mol. The van der Waals surface area contributed by atoms with Gasteiger partial charge in [0.15, 0.2) is 6.10 Å². The van der Waals surface area contributed by atoms with E-state index < -0.39 is 10.9 Å². The first kappa shape index (κ1) is 10.8. The Morgan fingerprint density at radius 1 is 1.47 bits per heavy atom. The van der Waals surface area contributed by atoms with Gasteiger partial charge in [-0.05, 0) is 27.9 Å². The molecular formula is C10H10BrF2NO. The number of para-hydroxylation sites is 1. The van der Waals surface area contributed by atoms with Crippen LogP contribution in [0.5, 0.6) is 0 Å². The molecule has 0 fully saturated rings. The van der Waals surface area contributed by atoms with Gasteiger partial charge in [0.05, 0.1) is 0 Å². The summed E-state index contributed by atoms with van der Waals surface area (Å²) < 4.78 is 25.8. The molecule has 1 aliphatic rings. The number of hydrogen-bond acceptors (Lipinski definition) is 2. The van der Waals surface area contributed by atoms with Gasteiger partial charge >= 0.3 is 4.83 Å². The second-order valence-electron chi connectivity index (χ2n) is 3.50. The maximum absolute atomic E-state index is 12.9. The van der Waals surface area contributed by atoms with Gasteiger partial charge in [-0.25, -0.2) is 0 Å². The maximum Gasteiger partial charge on any atom is 0.330 e. The van der Waals surface area contributed by atoms with Crippen LogP contribution in [0.2, 0.25) is 0 Å². The minimum atomic E-state index is -3.30. The molecule has 0 aromatic heterocycles. The molecule has 1 unspecified atom stereocenters. The minimum absolute atomic E-state index is 0.242. The number of alkyl halides is 3. The molecule has 2 rings (SSSR count). The Morgan fingerprint density at radius 2 is 2.20 bits per heavy atom. The summed E-state index contributed by atoms with van der Waals surface area (Å²) in [5, 5.41) is 12.5. The van der Waals surface area contributed by atoms with E-state index in [4.69, 9.17) is 0 Å². The molecule has 1 aromatic carbocycles. The van der Waals surface area contributed by atoms with Crippen molar-refractivity contribution in [2.24, 2.45) is 0 Å². The lowest BCUT2D eigenvalue weighted by Crippen LogP contribution is -2.19. The zero-order valence-electron chi connectivity index (χ0n) is 7.80. The van der Waals surface area contributed by atoms with Gasteiger partial charge in [-0.3, -0.25) is 0 Å². The van der Waals surface area contributed by atoms with Gasteiger partial charge in [-0.15, -0.1) is 0 Å². The van der Waals surface area contributed by atoms with Crippen molar-refractivity contribution in [3.63, 3.8) is 0 Å². The van der Waals surface area contributed by atoms with Crippen molar-refractivity contribution in [1.29, 1.82) is 0 Å². The van der Waals surface area contributed by atoms with Crippen molar-refractivity contribution in [1.82, 2.24) is 0 Å². The zero-order valence-corrected chi connectivity index (χ0v) is 9.39. The molecule has 0 spiro atoms. The first-order valence-corrected chi connectivity index (χ1v) is 5.40. The first-order chi connectivity index (χ1) is 7.00. The predicted octanol–water partition coefficient (Wildman–Crippen LogP) is 2.68. The van der Waals surface area contributed by atoms with E-state index in [1.54, 1.807) is 6.07 Å². The molecule has 5 heteroatoms. The van der Waals surface area contributed by atoms with Gasteiger partial charge in [0, 0.05) is 17.8 Å². The Labute approximate surface area is 94.4 Å². The molecule has 1 heterocycles. The third-order valence-corrected chi connectivity index (χ3v) is 2.92. The van der Waals surface area contributed by atoms with Gasteiger partial charge in [0.1, 0.15) is 0 Å². The third kappa shape index (κ3) is 1.99. The summed E-state index contributed by atoms with van der Waals surface area (Å²) in [6, 6.07) is 5.07. The Hall–Kier alpha value is -0.680. The highest BCUT2D eigenvalue weighted by molar-refractivity contribution is 9.10. The third-order valence-electron chi connectivity index (χ3n) is 2.48. The highest BCUT2D eigenvalue weighted by atomic mass is 79.9. The molecular weight excluding hydrogens is 268 g/mol. The van der Waals surface area contributed by atoms with Crippen LogP contribution in [0.15, 0.2) is 18.2 Å². The number of aliphatic hydroxyl groups is 1. The van der Waals surface area contributed by atoms with Crippen LogP contribution in [0.25, 0.3) is 0 Å². The lowest BCUT2D eigenvalue weighted by atomic mass is 10.0. The highest BCUT2D eigenvalue weighted by Crippen LogP contribution is 2.41. The van der Waals surface area contributed by atoms with Gasteiger partial charge in [-0.2, -0.15) is 8.78 Å². The van der Waals surface area contributed by atoms with E-state index in [1.807, 2.05) is 6.07 Å². The standard InChI is InChI=1S/C10H10BrF2NO/c11-10(12,13)9(15)7-3-1-2-6-4-5-14-8(6)7/h1-3,9,14-15H,4-5H2. The first-order valence-electron chi connectivity index (χ1n) is 4.60. The molecule has 2 N–H and O–H groups in total. The zero-order chi connectivity index (χ0) is 11.1. The van der Waals surface area contributed by atoms with Gasteiger partial charge < -0.3 is 10.4 Å². The van der Waals surface area contributed by atoms with Crippen LogP contribution in [0, 0.1) is 0 Å². The summed E-state index contributed by atoms with van der Waals surface area (Å²) in [5.74, 6) is 0. The second-order valence-corrected chi connectivity index (χ2v) is 4.56. The SMILES string of the molecule is OC(c1cccc2c1NCC2)C(F)(F)Br. The van der Waals surface area contributed by atoms with Gasteiger partial charge in [0.2, 0.25) is 0 Å². The summed E-state index contributed by atoms with van der Waals surface area (Å²) in [4.78, 5) is -3.30. The van der Waals surface area contributed by atoms with Crippen LogP contribution in [0.1, 0.15) is 17.2 Å². The van der Waals surface area contributed by atoms with Crippen LogP contribution in [-0.2, 0) is 6.42 Å². The molecule has 1 atom stereocenters. The Morgan fingerprint density at radius 3 is 2.87 bits per heavy atom. The van der Waals surface area contributed by atoms with Crippen molar-refractivity contribution in [2.75, 3.05) is 11.9 Å². The number of hydrogen-bond donors (Lipinski definition) is 2. The van der Waals surface area contributed by atoms with Crippen molar-refractivity contribution >= 4 is 21.6 Å². The van der Waals surface area contributed by atoms with Crippen LogP contribution in [-0.4, -0.2) is 16.5 Å². The van der Waals surface area contributed by atoms with Crippen LogP contribution in [0.3, 0.4) is 0 Å². The molecule has 0 radical (unpaired) electrons. The molecule has 0 saturated carbocycles. The predicted molar refractivity (Wildman–Crippen MR) is 57.5 cm³/mol. The van der Waals surface area contributed by atoms with E-state index in [0.29, 0.717) is 5.69 Å². The maximum atomic E-state index is 12.9.